The van der Waals surface area contributed by atoms with Crippen molar-refractivity contribution in [3.8, 4) is 5.69 Å². The molecule has 3 aromatic rings. The predicted molar refractivity (Wildman–Crippen MR) is 88.6 cm³/mol. The quantitative estimate of drug-likeness (QED) is 0.712. The van der Waals surface area contributed by atoms with Gasteiger partial charge in [-0.05, 0) is 24.3 Å². The van der Waals surface area contributed by atoms with E-state index in [1.165, 1.54) is 29.6 Å². The SMILES string of the molecule is O=C(Nc1cc(Cl)ccc1-n1cncn1)c1cnc(Cl)c(Cl)c1. The average molecular weight is 369 g/mol. The van der Waals surface area contributed by atoms with E-state index in [0.29, 0.717) is 16.4 Å². The highest BCUT2D eigenvalue weighted by atomic mass is 35.5. The number of nitrogens with one attached hydrogen (secondary N) is 1. The number of rotatable bonds is 3. The summed E-state index contributed by atoms with van der Waals surface area (Å²) >= 11 is 17.6. The monoisotopic (exact) mass is 367 g/mol. The van der Waals surface area contributed by atoms with Crippen molar-refractivity contribution in [3.05, 3.63) is 63.9 Å². The molecule has 0 aliphatic rings. The fourth-order valence-electron chi connectivity index (χ4n) is 1.88. The summed E-state index contributed by atoms with van der Waals surface area (Å²) in [5.74, 6) is -0.403. The Labute approximate surface area is 146 Å². The van der Waals surface area contributed by atoms with E-state index in [1.807, 2.05) is 0 Å². The van der Waals surface area contributed by atoms with Gasteiger partial charge in [-0.3, -0.25) is 4.79 Å². The summed E-state index contributed by atoms with van der Waals surface area (Å²) in [6.45, 7) is 0. The van der Waals surface area contributed by atoms with Crippen LogP contribution in [0.5, 0.6) is 0 Å². The van der Waals surface area contributed by atoms with Crippen molar-refractivity contribution >= 4 is 46.4 Å². The largest absolute Gasteiger partial charge is 0.320 e. The van der Waals surface area contributed by atoms with Gasteiger partial charge in [-0.15, -0.1) is 0 Å². The Balaban J connectivity index is 1.94. The van der Waals surface area contributed by atoms with Crippen molar-refractivity contribution in [3.63, 3.8) is 0 Å². The summed E-state index contributed by atoms with van der Waals surface area (Å²) in [4.78, 5) is 20.1. The number of nitrogens with zero attached hydrogens (tertiary/aromatic N) is 4. The van der Waals surface area contributed by atoms with E-state index in [4.69, 9.17) is 34.8 Å². The minimum Gasteiger partial charge on any atom is -0.320 e. The van der Waals surface area contributed by atoms with E-state index < -0.39 is 5.91 Å². The highest BCUT2D eigenvalue weighted by Crippen LogP contribution is 2.25. The maximum atomic E-state index is 12.4. The van der Waals surface area contributed by atoms with Gasteiger partial charge in [0.25, 0.3) is 5.91 Å². The Hall–Kier alpha value is -2.15. The van der Waals surface area contributed by atoms with E-state index in [1.54, 1.807) is 18.2 Å². The lowest BCUT2D eigenvalue weighted by atomic mass is 10.2. The van der Waals surface area contributed by atoms with Crippen LogP contribution in [-0.2, 0) is 0 Å². The molecule has 3 rings (SSSR count). The molecule has 116 valence electrons. The van der Waals surface area contributed by atoms with Crippen LogP contribution >= 0.6 is 34.8 Å². The average Bonchev–Trinajstić information content (AvgIpc) is 3.04. The van der Waals surface area contributed by atoms with Crippen LogP contribution in [-0.4, -0.2) is 25.7 Å². The molecule has 0 spiro atoms. The maximum absolute atomic E-state index is 12.4. The van der Waals surface area contributed by atoms with Gasteiger partial charge in [-0.25, -0.2) is 14.6 Å². The fourth-order valence-corrected chi connectivity index (χ4v) is 2.32. The molecule has 0 atom stereocenters. The van der Waals surface area contributed by atoms with E-state index in [9.17, 15) is 4.79 Å². The molecule has 0 unspecified atom stereocenters. The lowest BCUT2D eigenvalue weighted by molar-refractivity contribution is 0.102. The van der Waals surface area contributed by atoms with Gasteiger partial charge in [0.2, 0.25) is 0 Å². The van der Waals surface area contributed by atoms with Crippen LogP contribution in [0.3, 0.4) is 0 Å². The third kappa shape index (κ3) is 3.44. The van der Waals surface area contributed by atoms with Crippen LogP contribution in [0, 0.1) is 0 Å². The molecule has 0 aliphatic heterocycles. The lowest BCUT2D eigenvalue weighted by Crippen LogP contribution is -2.14. The normalized spacial score (nSPS) is 10.6. The Kier molecular flexibility index (Phi) is 4.47. The molecule has 23 heavy (non-hydrogen) atoms. The molecule has 0 fully saturated rings. The van der Waals surface area contributed by atoms with Crippen LogP contribution in [0.4, 0.5) is 5.69 Å². The van der Waals surface area contributed by atoms with Gasteiger partial charge in [-0.1, -0.05) is 34.8 Å². The van der Waals surface area contributed by atoms with Crippen molar-refractivity contribution in [2.45, 2.75) is 0 Å². The summed E-state index contributed by atoms with van der Waals surface area (Å²) < 4.78 is 1.51. The molecule has 0 radical (unpaired) electrons. The number of hydrogen-bond acceptors (Lipinski definition) is 4. The highest BCUT2D eigenvalue weighted by molar-refractivity contribution is 6.41. The summed E-state index contributed by atoms with van der Waals surface area (Å²) in [6.07, 6.45) is 4.24. The molecule has 6 nitrogen and oxygen atoms in total. The summed E-state index contributed by atoms with van der Waals surface area (Å²) in [6, 6.07) is 6.46. The fraction of sp³-hybridized carbons (Fsp3) is 0. The number of hydrogen-bond donors (Lipinski definition) is 1. The molecule has 0 bridgehead atoms. The summed E-state index contributed by atoms with van der Waals surface area (Å²) in [5, 5.41) is 7.59. The molecule has 2 aromatic heterocycles. The topological polar surface area (TPSA) is 72.7 Å². The van der Waals surface area contributed by atoms with Gasteiger partial charge < -0.3 is 5.32 Å². The Morgan fingerprint density at radius 1 is 1.17 bits per heavy atom. The first kappa shape index (κ1) is 15.7. The third-order valence-corrected chi connectivity index (χ3v) is 3.85. The van der Waals surface area contributed by atoms with Crippen molar-refractivity contribution in [1.29, 1.82) is 0 Å². The summed E-state index contributed by atoms with van der Waals surface area (Å²) in [7, 11) is 0. The second-order valence-corrected chi connectivity index (χ2v) is 5.65. The number of carbonyl (C=O) groups is 1. The summed E-state index contributed by atoms with van der Waals surface area (Å²) in [5.41, 5.74) is 1.36. The van der Waals surface area contributed by atoms with E-state index in [2.05, 4.69) is 20.4 Å². The van der Waals surface area contributed by atoms with Gasteiger partial charge in [0.15, 0.2) is 0 Å². The molecule has 9 heteroatoms. The van der Waals surface area contributed by atoms with Crippen LogP contribution in [0.1, 0.15) is 10.4 Å². The smallest absolute Gasteiger partial charge is 0.257 e. The van der Waals surface area contributed by atoms with Crippen molar-refractivity contribution in [2.24, 2.45) is 0 Å². The molecular weight excluding hydrogens is 361 g/mol. The van der Waals surface area contributed by atoms with E-state index >= 15 is 0 Å². The number of aromatic nitrogens is 4. The molecule has 2 heterocycles. The van der Waals surface area contributed by atoms with Crippen LogP contribution in [0.25, 0.3) is 5.69 Å². The minimum atomic E-state index is -0.403. The van der Waals surface area contributed by atoms with Gasteiger partial charge in [0, 0.05) is 11.2 Å². The Morgan fingerprint density at radius 3 is 2.70 bits per heavy atom. The molecule has 1 N–H and O–H groups in total. The minimum absolute atomic E-state index is 0.134. The number of halogens is 3. The van der Waals surface area contributed by atoms with Crippen molar-refractivity contribution < 1.29 is 4.79 Å². The van der Waals surface area contributed by atoms with E-state index in [-0.39, 0.29) is 15.7 Å². The van der Waals surface area contributed by atoms with Crippen molar-refractivity contribution in [1.82, 2.24) is 19.7 Å². The van der Waals surface area contributed by atoms with Crippen LogP contribution < -0.4 is 5.32 Å². The number of amides is 1. The van der Waals surface area contributed by atoms with Crippen LogP contribution in [0.2, 0.25) is 15.2 Å². The lowest BCUT2D eigenvalue weighted by Gasteiger charge is -2.11. The predicted octanol–water partition coefficient (Wildman–Crippen LogP) is 3.87. The molecule has 0 saturated heterocycles. The van der Waals surface area contributed by atoms with Crippen molar-refractivity contribution in [2.75, 3.05) is 5.32 Å². The maximum Gasteiger partial charge on any atom is 0.257 e. The second-order valence-electron chi connectivity index (χ2n) is 4.45. The second kappa shape index (κ2) is 6.54. The van der Waals surface area contributed by atoms with Gasteiger partial charge in [0.05, 0.1) is 22.0 Å². The molecule has 0 saturated carbocycles. The molecular formula is C14H8Cl3N5O. The Morgan fingerprint density at radius 2 is 2.00 bits per heavy atom. The number of anilines is 1. The molecule has 0 aliphatic carbocycles. The first-order valence-corrected chi connectivity index (χ1v) is 7.45. The molecule has 1 amide bonds. The number of pyridine rings is 1. The Bertz CT molecular complexity index is 867. The van der Waals surface area contributed by atoms with Gasteiger partial charge in [-0.2, -0.15) is 5.10 Å². The van der Waals surface area contributed by atoms with E-state index in [0.717, 1.165) is 0 Å². The van der Waals surface area contributed by atoms with Gasteiger partial charge >= 0.3 is 0 Å². The number of carbonyl (C=O) groups excluding carboxylic acids is 1. The molecule has 1 aromatic carbocycles. The third-order valence-electron chi connectivity index (χ3n) is 2.93. The first-order valence-electron chi connectivity index (χ1n) is 6.31. The zero-order valence-electron chi connectivity index (χ0n) is 11.4. The first-order chi connectivity index (χ1) is 11.0. The zero-order valence-corrected chi connectivity index (χ0v) is 13.6. The standard InChI is InChI=1S/C14H8Cl3N5O/c15-9-1-2-12(22-7-18-6-20-22)11(4-9)21-14(23)8-3-10(16)13(17)19-5-8/h1-7H,(H,21,23). The number of benzene rings is 1. The van der Waals surface area contributed by atoms with Crippen LogP contribution in [0.15, 0.2) is 43.1 Å². The van der Waals surface area contributed by atoms with Gasteiger partial charge in [0.1, 0.15) is 17.8 Å². The zero-order chi connectivity index (χ0) is 16.4. The highest BCUT2D eigenvalue weighted by Gasteiger charge is 2.13.